The van der Waals surface area contributed by atoms with Gasteiger partial charge in [-0.25, -0.2) is 4.98 Å². The zero-order valence-electron chi connectivity index (χ0n) is 10.8. The Morgan fingerprint density at radius 1 is 1.24 bits per heavy atom. The van der Waals surface area contributed by atoms with Crippen LogP contribution in [0.15, 0.2) is 12.3 Å². The van der Waals surface area contributed by atoms with Crippen molar-refractivity contribution >= 4 is 0 Å². The first-order valence-electron chi connectivity index (χ1n) is 5.87. The third-order valence-electron chi connectivity index (χ3n) is 2.25. The van der Waals surface area contributed by atoms with Crippen molar-refractivity contribution in [1.82, 2.24) is 4.98 Å². The Morgan fingerprint density at radius 2 is 1.94 bits per heavy atom. The van der Waals surface area contributed by atoms with Crippen molar-refractivity contribution in [2.75, 3.05) is 7.11 Å². The van der Waals surface area contributed by atoms with Gasteiger partial charge in [0.15, 0.2) is 11.5 Å². The van der Waals surface area contributed by atoms with E-state index in [-0.39, 0.29) is 5.60 Å². The van der Waals surface area contributed by atoms with Crippen LogP contribution in [0, 0.1) is 0 Å². The molecule has 0 amide bonds. The molecule has 1 heterocycles. The van der Waals surface area contributed by atoms with Gasteiger partial charge >= 0.3 is 0 Å². The number of methoxy groups -OCH3 is 1. The topological polar surface area (TPSA) is 40.6 Å². The van der Waals surface area contributed by atoms with Crippen molar-refractivity contribution in [2.24, 2.45) is 0 Å². The summed E-state index contributed by atoms with van der Waals surface area (Å²) in [5.41, 5.74) is -0.270. The molecule has 4 nitrogen and oxygen atoms in total. The Bertz CT molecular complexity index is 394. The normalized spacial score (nSPS) is 15.5. The van der Waals surface area contributed by atoms with E-state index in [4.69, 9.17) is 14.2 Å². The summed E-state index contributed by atoms with van der Waals surface area (Å²) in [4.78, 5) is 4.14. The highest BCUT2D eigenvalue weighted by molar-refractivity contribution is 5.41. The predicted octanol–water partition coefficient (Wildman–Crippen LogP) is 2.81. The highest BCUT2D eigenvalue weighted by Gasteiger charge is 2.26. The molecule has 0 bridgehead atoms. The molecule has 0 aromatic carbocycles. The second-order valence-corrected chi connectivity index (χ2v) is 5.21. The molecule has 94 valence electrons. The fourth-order valence-corrected chi connectivity index (χ4v) is 1.38. The van der Waals surface area contributed by atoms with E-state index in [1.54, 1.807) is 19.4 Å². The zero-order chi connectivity index (χ0) is 12.5. The summed E-state index contributed by atoms with van der Waals surface area (Å²) in [6, 6.07) is 1.77. The van der Waals surface area contributed by atoms with Gasteiger partial charge in [0.2, 0.25) is 5.88 Å². The number of hydrogen-bond acceptors (Lipinski definition) is 4. The quantitative estimate of drug-likeness (QED) is 0.807. The lowest BCUT2D eigenvalue weighted by molar-refractivity contribution is 0.122. The van der Waals surface area contributed by atoms with Crippen molar-refractivity contribution in [1.29, 1.82) is 0 Å². The lowest BCUT2D eigenvalue weighted by Gasteiger charge is -2.23. The largest absolute Gasteiger partial charge is 0.485 e. The molecule has 4 heteroatoms. The summed E-state index contributed by atoms with van der Waals surface area (Å²) >= 11 is 0. The van der Waals surface area contributed by atoms with E-state index in [0.29, 0.717) is 23.5 Å². The minimum Gasteiger partial charge on any atom is -0.485 e. The number of hydrogen-bond donors (Lipinski definition) is 0. The smallest absolute Gasteiger partial charge is 0.216 e. The summed E-state index contributed by atoms with van der Waals surface area (Å²) in [6.45, 7) is 6.00. The Kier molecular flexibility index (Phi) is 3.13. The van der Waals surface area contributed by atoms with Crippen LogP contribution in [0.4, 0.5) is 0 Å². The molecule has 0 radical (unpaired) electrons. The third kappa shape index (κ3) is 3.51. The van der Waals surface area contributed by atoms with E-state index in [2.05, 4.69) is 4.98 Å². The van der Waals surface area contributed by atoms with Gasteiger partial charge < -0.3 is 14.2 Å². The van der Waals surface area contributed by atoms with Crippen LogP contribution >= 0.6 is 0 Å². The van der Waals surface area contributed by atoms with Gasteiger partial charge in [0.1, 0.15) is 5.60 Å². The van der Waals surface area contributed by atoms with Crippen LogP contribution in [0.2, 0.25) is 0 Å². The van der Waals surface area contributed by atoms with Crippen molar-refractivity contribution in [3.63, 3.8) is 0 Å². The molecule has 1 fully saturated rings. The Balaban J connectivity index is 2.22. The molecule has 1 saturated carbocycles. The predicted molar refractivity (Wildman–Crippen MR) is 64.8 cm³/mol. The van der Waals surface area contributed by atoms with Crippen molar-refractivity contribution < 1.29 is 14.2 Å². The number of pyridine rings is 1. The average Bonchev–Trinajstić information content (AvgIpc) is 3.02. The van der Waals surface area contributed by atoms with Gasteiger partial charge in [-0.15, -0.1) is 0 Å². The average molecular weight is 237 g/mol. The standard InChI is InChI=1S/C13H19NO3/c1-13(2,3)17-10-7-12(15-4)14-8-11(10)16-9-5-6-9/h7-9H,5-6H2,1-4H3. The van der Waals surface area contributed by atoms with Crippen LogP contribution < -0.4 is 14.2 Å². The molecule has 0 spiro atoms. The maximum atomic E-state index is 5.86. The van der Waals surface area contributed by atoms with E-state index in [0.717, 1.165) is 12.8 Å². The molecular formula is C13H19NO3. The SMILES string of the molecule is COc1cc(OC(C)(C)C)c(OC2CC2)cn1. The lowest BCUT2D eigenvalue weighted by atomic mass is 10.2. The number of rotatable bonds is 4. The van der Waals surface area contributed by atoms with Gasteiger partial charge in [0, 0.05) is 6.07 Å². The first-order valence-corrected chi connectivity index (χ1v) is 5.87. The van der Waals surface area contributed by atoms with Gasteiger partial charge in [-0.1, -0.05) is 0 Å². The van der Waals surface area contributed by atoms with Crippen molar-refractivity contribution in [3.05, 3.63) is 12.3 Å². The highest BCUT2D eigenvalue weighted by Crippen LogP contribution is 2.36. The summed E-state index contributed by atoms with van der Waals surface area (Å²) in [6.07, 6.45) is 4.22. The van der Waals surface area contributed by atoms with Crippen LogP contribution in [0.25, 0.3) is 0 Å². The number of nitrogens with zero attached hydrogens (tertiary/aromatic N) is 1. The van der Waals surface area contributed by atoms with Gasteiger partial charge in [-0.05, 0) is 33.6 Å². The van der Waals surface area contributed by atoms with E-state index < -0.39 is 0 Å². The summed E-state index contributed by atoms with van der Waals surface area (Å²) in [5.74, 6) is 1.92. The summed E-state index contributed by atoms with van der Waals surface area (Å²) in [7, 11) is 1.59. The minimum absolute atomic E-state index is 0.270. The second kappa shape index (κ2) is 4.43. The van der Waals surface area contributed by atoms with Crippen LogP contribution in [0.5, 0.6) is 17.4 Å². The van der Waals surface area contributed by atoms with E-state index in [1.165, 1.54) is 0 Å². The third-order valence-corrected chi connectivity index (χ3v) is 2.25. The van der Waals surface area contributed by atoms with Gasteiger partial charge in [-0.2, -0.15) is 0 Å². The summed E-state index contributed by atoms with van der Waals surface area (Å²) in [5, 5.41) is 0. The Morgan fingerprint density at radius 3 is 2.47 bits per heavy atom. The van der Waals surface area contributed by atoms with Crippen LogP contribution in [-0.2, 0) is 0 Å². The monoisotopic (exact) mass is 237 g/mol. The van der Waals surface area contributed by atoms with E-state index >= 15 is 0 Å². The molecule has 0 unspecified atom stereocenters. The molecule has 0 atom stereocenters. The Hall–Kier alpha value is -1.45. The molecule has 0 saturated heterocycles. The molecule has 1 aliphatic rings. The van der Waals surface area contributed by atoms with Crippen molar-refractivity contribution in [2.45, 2.75) is 45.3 Å². The Labute approximate surface area is 102 Å². The molecule has 0 aliphatic heterocycles. The van der Waals surface area contributed by atoms with Crippen LogP contribution in [0.3, 0.4) is 0 Å². The minimum atomic E-state index is -0.270. The van der Waals surface area contributed by atoms with Gasteiger partial charge in [-0.3, -0.25) is 0 Å². The number of aromatic nitrogens is 1. The summed E-state index contributed by atoms with van der Waals surface area (Å²) < 4.78 is 16.7. The highest BCUT2D eigenvalue weighted by atomic mass is 16.5. The van der Waals surface area contributed by atoms with Crippen molar-refractivity contribution in [3.8, 4) is 17.4 Å². The van der Waals surface area contributed by atoms with Gasteiger partial charge in [0.25, 0.3) is 0 Å². The van der Waals surface area contributed by atoms with Gasteiger partial charge in [0.05, 0.1) is 19.4 Å². The maximum Gasteiger partial charge on any atom is 0.216 e. The second-order valence-electron chi connectivity index (χ2n) is 5.21. The van der Waals surface area contributed by atoms with Crippen LogP contribution in [-0.4, -0.2) is 23.8 Å². The fourth-order valence-electron chi connectivity index (χ4n) is 1.38. The molecule has 1 aromatic rings. The molecule has 2 rings (SSSR count). The first-order chi connectivity index (χ1) is 7.98. The van der Waals surface area contributed by atoms with E-state index in [9.17, 15) is 0 Å². The van der Waals surface area contributed by atoms with Crippen LogP contribution in [0.1, 0.15) is 33.6 Å². The molecule has 1 aliphatic carbocycles. The molecular weight excluding hydrogens is 218 g/mol. The first kappa shape index (κ1) is 12.0. The molecule has 17 heavy (non-hydrogen) atoms. The lowest BCUT2D eigenvalue weighted by Crippen LogP contribution is -2.23. The fraction of sp³-hybridized carbons (Fsp3) is 0.615. The maximum absolute atomic E-state index is 5.86. The number of ether oxygens (including phenoxy) is 3. The van der Waals surface area contributed by atoms with E-state index in [1.807, 2.05) is 20.8 Å². The molecule has 1 aromatic heterocycles. The zero-order valence-corrected chi connectivity index (χ0v) is 10.8. The molecule has 0 N–H and O–H groups in total.